The molecule has 1 fully saturated rings. The summed E-state index contributed by atoms with van der Waals surface area (Å²) in [5.74, 6) is 0.303. The molecule has 134 valence electrons. The molecule has 2 aromatic rings. The third kappa shape index (κ3) is 3.34. The van der Waals surface area contributed by atoms with Crippen molar-refractivity contribution >= 4 is 46.9 Å². The number of hydrogen-bond acceptors (Lipinski definition) is 4. The van der Waals surface area contributed by atoms with Crippen molar-refractivity contribution in [2.24, 2.45) is 0 Å². The van der Waals surface area contributed by atoms with Gasteiger partial charge in [0.15, 0.2) is 11.5 Å². The molecule has 1 aliphatic rings. The molecule has 0 radical (unpaired) electrons. The Morgan fingerprint density at radius 1 is 1.08 bits per heavy atom. The van der Waals surface area contributed by atoms with Crippen LogP contribution in [0.25, 0.3) is 6.08 Å². The number of amides is 3. The predicted molar refractivity (Wildman–Crippen MR) is 100 cm³/mol. The van der Waals surface area contributed by atoms with Gasteiger partial charge in [0.05, 0.1) is 24.9 Å². The van der Waals surface area contributed by atoms with Gasteiger partial charge in [0.25, 0.3) is 5.91 Å². The summed E-state index contributed by atoms with van der Waals surface area (Å²) in [6.45, 7) is 0. The van der Waals surface area contributed by atoms with E-state index in [2.05, 4.69) is 5.32 Å². The number of carbonyl (C=O) groups is 2. The maximum Gasteiger partial charge on any atom is 0.333 e. The molecule has 26 heavy (non-hydrogen) atoms. The normalized spacial score (nSPS) is 15.4. The van der Waals surface area contributed by atoms with Crippen LogP contribution in [0.4, 0.5) is 10.5 Å². The number of imide groups is 1. The second-order valence-corrected chi connectivity index (χ2v) is 6.19. The lowest BCUT2D eigenvalue weighted by molar-refractivity contribution is -0.113. The fourth-order valence-electron chi connectivity index (χ4n) is 2.57. The Hall–Kier alpha value is -2.70. The van der Waals surface area contributed by atoms with Gasteiger partial charge in [-0.05, 0) is 42.0 Å². The van der Waals surface area contributed by atoms with Crippen molar-refractivity contribution in [1.29, 1.82) is 0 Å². The van der Waals surface area contributed by atoms with Crippen LogP contribution in [0.1, 0.15) is 5.56 Å². The van der Waals surface area contributed by atoms with E-state index in [4.69, 9.17) is 32.7 Å². The van der Waals surface area contributed by atoms with Crippen molar-refractivity contribution in [3.05, 3.63) is 57.7 Å². The van der Waals surface area contributed by atoms with Gasteiger partial charge in [-0.25, -0.2) is 9.69 Å². The summed E-state index contributed by atoms with van der Waals surface area (Å²) in [5.41, 5.74) is 1.07. The van der Waals surface area contributed by atoms with Crippen LogP contribution in [0.3, 0.4) is 0 Å². The van der Waals surface area contributed by atoms with E-state index in [0.29, 0.717) is 32.8 Å². The summed E-state index contributed by atoms with van der Waals surface area (Å²) in [6, 6.07) is 9.18. The van der Waals surface area contributed by atoms with E-state index >= 15 is 0 Å². The number of nitrogens with one attached hydrogen (secondary N) is 1. The standard InChI is InChI=1S/C18H14Cl2N2O4/c1-25-15-8-10(6-13(20)16(15)26-2)7-14-17(23)22(18(24)21-14)12-5-3-4-11(19)9-12/h3-9H,1-2H3,(H,21,24)/b14-7+. The molecule has 8 heteroatoms. The Morgan fingerprint density at radius 2 is 1.85 bits per heavy atom. The van der Waals surface area contributed by atoms with Gasteiger partial charge in [-0.15, -0.1) is 0 Å². The van der Waals surface area contributed by atoms with Gasteiger partial charge in [-0.2, -0.15) is 0 Å². The summed E-state index contributed by atoms with van der Waals surface area (Å²) in [7, 11) is 2.96. The van der Waals surface area contributed by atoms with E-state index in [9.17, 15) is 9.59 Å². The topological polar surface area (TPSA) is 67.9 Å². The summed E-state index contributed by atoms with van der Waals surface area (Å²) in [6.07, 6.45) is 1.51. The summed E-state index contributed by atoms with van der Waals surface area (Å²) < 4.78 is 10.4. The molecule has 0 aliphatic carbocycles. The first-order valence-corrected chi connectivity index (χ1v) is 8.24. The number of ether oxygens (including phenoxy) is 2. The van der Waals surface area contributed by atoms with E-state index in [-0.39, 0.29) is 5.70 Å². The van der Waals surface area contributed by atoms with Crippen LogP contribution in [-0.2, 0) is 4.79 Å². The zero-order chi connectivity index (χ0) is 18.8. The largest absolute Gasteiger partial charge is 0.493 e. The lowest BCUT2D eigenvalue weighted by atomic mass is 10.1. The number of anilines is 1. The van der Waals surface area contributed by atoms with Crippen LogP contribution in [0.2, 0.25) is 10.0 Å². The number of benzene rings is 2. The van der Waals surface area contributed by atoms with Gasteiger partial charge in [0.2, 0.25) is 0 Å². The van der Waals surface area contributed by atoms with Gasteiger partial charge in [0.1, 0.15) is 5.70 Å². The predicted octanol–water partition coefficient (Wildman–Crippen LogP) is 4.11. The number of hydrogen-bond donors (Lipinski definition) is 1. The Morgan fingerprint density at radius 3 is 2.50 bits per heavy atom. The third-order valence-electron chi connectivity index (χ3n) is 3.71. The van der Waals surface area contributed by atoms with E-state index in [1.54, 1.807) is 30.3 Å². The maximum absolute atomic E-state index is 12.6. The Balaban J connectivity index is 1.97. The quantitative estimate of drug-likeness (QED) is 0.627. The molecule has 1 N–H and O–H groups in total. The summed E-state index contributed by atoms with van der Waals surface area (Å²) in [4.78, 5) is 25.9. The van der Waals surface area contributed by atoms with Crippen LogP contribution in [0.15, 0.2) is 42.1 Å². The fraction of sp³-hybridized carbons (Fsp3) is 0.111. The average molecular weight is 393 g/mol. The van der Waals surface area contributed by atoms with Crippen LogP contribution >= 0.6 is 23.2 Å². The second kappa shape index (κ2) is 7.27. The molecule has 1 aliphatic heterocycles. The molecule has 0 unspecified atom stereocenters. The minimum Gasteiger partial charge on any atom is -0.493 e. The molecule has 6 nitrogen and oxygen atoms in total. The average Bonchev–Trinajstić information content (AvgIpc) is 2.88. The monoisotopic (exact) mass is 392 g/mol. The van der Waals surface area contributed by atoms with Gasteiger partial charge in [-0.1, -0.05) is 29.3 Å². The molecule has 0 saturated carbocycles. The van der Waals surface area contributed by atoms with Crippen molar-refractivity contribution in [2.45, 2.75) is 0 Å². The molecule has 0 atom stereocenters. The van der Waals surface area contributed by atoms with Crippen molar-refractivity contribution in [3.63, 3.8) is 0 Å². The first-order chi connectivity index (χ1) is 12.4. The molecule has 0 spiro atoms. The molecule has 0 aromatic heterocycles. The lowest BCUT2D eigenvalue weighted by Crippen LogP contribution is -2.30. The number of halogens is 2. The van der Waals surface area contributed by atoms with Crippen molar-refractivity contribution in [3.8, 4) is 11.5 Å². The smallest absolute Gasteiger partial charge is 0.333 e. The van der Waals surface area contributed by atoms with Crippen LogP contribution in [-0.4, -0.2) is 26.2 Å². The van der Waals surface area contributed by atoms with Crippen molar-refractivity contribution in [1.82, 2.24) is 5.32 Å². The van der Waals surface area contributed by atoms with Crippen LogP contribution < -0.4 is 19.7 Å². The van der Waals surface area contributed by atoms with Crippen molar-refractivity contribution < 1.29 is 19.1 Å². The van der Waals surface area contributed by atoms with Gasteiger partial charge < -0.3 is 14.8 Å². The van der Waals surface area contributed by atoms with E-state index < -0.39 is 11.9 Å². The minimum atomic E-state index is -0.560. The highest BCUT2D eigenvalue weighted by molar-refractivity contribution is 6.33. The summed E-state index contributed by atoms with van der Waals surface area (Å²) in [5, 5.41) is 3.29. The molecule has 1 heterocycles. The number of rotatable bonds is 4. The number of nitrogens with zero attached hydrogens (tertiary/aromatic N) is 1. The lowest BCUT2D eigenvalue weighted by Gasteiger charge is -2.12. The van der Waals surface area contributed by atoms with Crippen molar-refractivity contribution in [2.75, 3.05) is 19.1 Å². The van der Waals surface area contributed by atoms with Crippen LogP contribution in [0.5, 0.6) is 11.5 Å². The molecule has 2 aromatic carbocycles. The van der Waals surface area contributed by atoms with Crippen LogP contribution in [0, 0.1) is 0 Å². The van der Waals surface area contributed by atoms with Gasteiger partial charge >= 0.3 is 6.03 Å². The highest BCUT2D eigenvalue weighted by atomic mass is 35.5. The van der Waals surface area contributed by atoms with E-state index in [1.165, 1.54) is 26.4 Å². The number of methoxy groups -OCH3 is 2. The molecule has 3 rings (SSSR count). The highest BCUT2D eigenvalue weighted by Gasteiger charge is 2.35. The number of carbonyl (C=O) groups excluding carboxylic acids is 2. The van der Waals surface area contributed by atoms with E-state index in [1.807, 2.05) is 0 Å². The molecular weight excluding hydrogens is 379 g/mol. The maximum atomic E-state index is 12.6. The highest BCUT2D eigenvalue weighted by Crippen LogP contribution is 2.37. The van der Waals surface area contributed by atoms with E-state index in [0.717, 1.165) is 4.90 Å². The molecule has 3 amide bonds. The first kappa shape index (κ1) is 18.1. The fourth-order valence-corrected chi connectivity index (χ4v) is 3.05. The Labute approximate surface area is 159 Å². The minimum absolute atomic E-state index is 0.110. The zero-order valence-electron chi connectivity index (χ0n) is 13.9. The second-order valence-electron chi connectivity index (χ2n) is 5.35. The van der Waals surface area contributed by atoms with Gasteiger partial charge in [0, 0.05) is 5.02 Å². The zero-order valence-corrected chi connectivity index (χ0v) is 15.4. The first-order valence-electron chi connectivity index (χ1n) is 7.49. The molecule has 1 saturated heterocycles. The molecular formula is C18H14Cl2N2O4. The van der Waals surface area contributed by atoms with Gasteiger partial charge in [-0.3, -0.25) is 4.79 Å². The summed E-state index contributed by atoms with van der Waals surface area (Å²) >= 11 is 12.1. The Bertz CT molecular complexity index is 927. The third-order valence-corrected chi connectivity index (χ3v) is 4.23. The number of urea groups is 1. The SMILES string of the molecule is COc1cc(/C=C2/NC(=O)N(c3cccc(Cl)c3)C2=O)cc(Cl)c1OC. The Kier molecular flexibility index (Phi) is 5.06. The molecule has 0 bridgehead atoms.